The average Bonchev–Trinajstić information content (AvgIpc) is 3.12. The predicted octanol–water partition coefficient (Wildman–Crippen LogP) is 6.72. The summed E-state index contributed by atoms with van der Waals surface area (Å²) in [6, 6.07) is 11.8. The van der Waals surface area contributed by atoms with Gasteiger partial charge in [-0.05, 0) is 58.7 Å². The van der Waals surface area contributed by atoms with Crippen molar-refractivity contribution in [1.82, 2.24) is 0 Å². The summed E-state index contributed by atoms with van der Waals surface area (Å²) in [4.78, 5) is 10.2. The highest BCUT2D eigenvalue weighted by Crippen LogP contribution is 2.50. The summed E-state index contributed by atoms with van der Waals surface area (Å²) in [7, 11) is 0. The van der Waals surface area contributed by atoms with E-state index in [-0.39, 0.29) is 5.88 Å². The van der Waals surface area contributed by atoms with E-state index >= 15 is 0 Å². The van der Waals surface area contributed by atoms with Gasteiger partial charge in [0.25, 0.3) is 0 Å². The minimum absolute atomic E-state index is 0.319. The number of rotatable bonds is 2. The van der Waals surface area contributed by atoms with Crippen molar-refractivity contribution in [1.29, 1.82) is 0 Å². The number of fused-ring (bicyclic) bond motifs is 3. The zero-order chi connectivity index (χ0) is 17.7. The van der Waals surface area contributed by atoms with Crippen LogP contribution in [-0.2, 0) is 0 Å². The molecule has 0 saturated carbocycles. The van der Waals surface area contributed by atoms with Gasteiger partial charge in [-0.2, -0.15) is 0 Å². The van der Waals surface area contributed by atoms with Gasteiger partial charge in [-0.15, -0.1) is 0 Å². The number of hydrogen-bond donors (Lipinski definition) is 0. The molecule has 25 heavy (non-hydrogen) atoms. The highest BCUT2D eigenvalue weighted by atomic mass is 35.5. The maximum absolute atomic E-state index is 10.8. The van der Waals surface area contributed by atoms with Crippen LogP contribution < -0.4 is 0 Å². The molecule has 0 unspecified atom stereocenters. The molecule has 4 rings (SSSR count). The first kappa shape index (κ1) is 16.2. The fourth-order valence-corrected chi connectivity index (χ4v) is 3.75. The Morgan fingerprint density at radius 3 is 2.40 bits per heavy atom. The molecule has 4 nitrogen and oxygen atoms in total. The van der Waals surface area contributed by atoms with Crippen LogP contribution in [0.2, 0.25) is 15.1 Å². The number of nitro groups is 1. The van der Waals surface area contributed by atoms with E-state index in [9.17, 15) is 10.1 Å². The molecule has 0 radical (unpaired) electrons. The van der Waals surface area contributed by atoms with Crippen molar-refractivity contribution in [2.45, 2.75) is 0 Å². The highest BCUT2D eigenvalue weighted by Gasteiger charge is 2.27. The smallest absolute Gasteiger partial charge is 0.401 e. The summed E-state index contributed by atoms with van der Waals surface area (Å²) in [6.45, 7) is 0. The van der Waals surface area contributed by atoms with Crippen LogP contribution in [0.4, 0.5) is 5.88 Å². The first-order valence-corrected chi connectivity index (χ1v) is 8.33. The van der Waals surface area contributed by atoms with Gasteiger partial charge in [0.1, 0.15) is 10.7 Å². The third kappa shape index (κ3) is 2.72. The van der Waals surface area contributed by atoms with Crippen molar-refractivity contribution in [2.24, 2.45) is 0 Å². The Balaban J connectivity index is 1.97. The van der Waals surface area contributed by atoms with Crippen LogP contribution in [0, 0.1) is 10.1 Å². The quantitative estimate of drug-likeness (QED) is 0.281. The number of benzene rings is 2. The van der Waals surface area contributed by atoms with Crippen molar-refractivity contribution < 1.29 is 9.34 Å². The molecule has 0 bridgehead atoms. The summed E-state index contributed by atoms with van der Waals surface area (Å²) >= 11 is 18.7. The lowest BCUT2D eigenvalue weighted by Crippen LogP contribution is -1.83. The van der Waals surface area contributed by atoms with Gasteiger partial charge in [-0.3, -0.25) is 10.1 Å². The lowest BCUT2D eigenvalue weighted by Gasteiger charge is -2.04. The minimum Gasteiger partial charge on any atom is -0.401 e. The third-order valence-corrected chi connectivity index (χ3v) is 4.72. The van der Waals surface area contributed by atoms with Gasteiger partial charge in [0.15, 0.2) is 0 Å². The van der Waals surface area contributed by atoms with Gasteiger partial charge in [0.2, 0.25) is 0 Å². The van der Waals surface area contributed by atoms with Crippen LogP contribution in [0.3, 0.4) is 0 Å². The average molecular weight is 393 g/mol. The van der Waals surface area contributed by atoms with Gasteiger partial charge in [0.05, 0.1) is 11.1 Å². The Bertz CT molecular complexity index is 1070. The molecular weight excluding hydrogens is 385 g/mol. The Hall–Kier alpha value is -2.27. The van der Waals surface area contributed by atoms with Crippen molar-refractivity contribution in [3.63, 3.8) is 0 Å². The van der Waals surface area contributed by atoms with Gasteiger partial charge < -0.3 is 4.42 Å². The first-order chi connectivity index (χ1) is 11.9. The summed E-state index contributed by atoms with van der Waals surface area (Å²) < 4.78 is 5.25. The van der Waals surface area contributed by atoms with Crippen molar-refractivity contribution in [3.05, 3.63) is 84.5 Å². The largest absolute Gasteiger partial charge is 0.433 e. The van der Waals surface area contributed by atoms with Gasteiger partial charge in [-0.1, -0.05) is 40.9 Å². The van der Waals surface area contributed by atoms with Crippen LogP contribution in [-0.4, -0.2) is 4.92 Å². The molecule has 0 N–H and O–H groups in total. The Kier molecular flexibility index (Phi) is 3.84. The standard InChI is InChI=1S/C18H8Cl3NO3/c19-9-1-3-12-13(5-9)14(8-11-2-4-17(25-11)22(23)24)15-6-10(20)7-16(21)18(12)15/h1-8H/b14-8+. The normalized spacial score (nSPS) is 13.8. The summed E-state index contributed by atoms with van der Waals surface area (Å²) in [5.74, 6) is 0.0390. The van der Waals surface area contributed by atoms with E-state index in [0.717, 1.165) is 27.8 Å². The van der Waals surface area contributed by atoms with Crippen LogP contribution >= 0.6 is 34.8 Å². The molecule has 0 spiro atoms. The topological polar surface area (TPSA) is 56.3 Å². The second-order valence-corrected chi connectivity index (χ2v) is 6.77. The Labute approximate surface area is 157 Å². The van der Waals surface area contributed by atoms with Crippen molar-refractivity contribution in [2.75, 3.05) is 0 Å². The molecule has 1 aliphatic rings. The van der Waals surface area contributed by atoms with E-state index in [1.165, 1.54) is 6.07 Å². The Morgan fingerprint density at radius 2 is 1.68 bits per heavy atom. The molecule has 0 amide bonds. The fourth-order valence-electron chi connectivity index (χ4n) is 2.98. The molecule has 7 heteroatoms. The van der Waals surface area contributed by atoms with E-state index in [2.05, 4.69) is 0 Å². The van der Waals surface area contributed by atoms with Crippen LogP contribution in [0.5, 0.6) is 0 Å². The number of furan rings is 1. The summed E-state index contributed by atoms with van der Waals surface area (Å²) in [5.41, 5.74) is 4.26. The SMILES string of the molecule is O=[N+]([O-])c1ccc(/C=C2\c3cc(Cl)ccc3-c3c(Cl)cc(Cl)cc32)o1. The van der Waals surface area contributed by atoms with Crippen molar-refractivity contribution in [3.8, 4) is 11.1 Å². The van der Waals surface area contributed by atoms with Crippen molar-refractivity contribution >= 4 is 52.3 Å². The second kappa shape index (κ2) is 5.92. The number of hydrogen-bond acceptors (Lipinski definition) is 3. The molecule has 3 aromatic rings. The molecule has 1 aromatic heterocycles. The van der Waals surface area contributed by atoms with Crippen LogP contribution in [0.25, 0.3) is 22.8 Å². The monoisotopic (exact) mass is 391 g/mol. The van der Waals surface area contributed by atoms with Gasteiger partial charge >= 0.3 is 5.88 Å². The summed E-state index contributed by atoms with van der Waals surface area (Å²) in [6.07, 6.45) is 1.72. The zero-order valence-corrected chi connectivity index (χ0v) is 14.7. The molecule has 1 aliphatic carbocycles. The molecule has 1 heterocycles. The maximum Gasteiger partial charge on any atom is 0.433 e. The summed E-state index contributed by atoms with van der Waals surface area (Å²) in [5, 5.41) is 12.4. The number of nitrogens with zero attached hydrogens (tertiary/aromatic N) is 1. The zero-order valence-electron chi connectivity index (χ0n) is 12.4. The Morgan fingerprint density at radius 1 is 0.920 bits per heavy atom. The maximum atomic E-state index is 10.8. The highest BCUT2D eigenvalue weighted by molar-refractivity contribution is 6.38. The van der Waals surface area contributed by atoms with Gasteiger partial charge in [-0.25, -0.2) is 0 Å². The van der Waals surface area contributed by atoms with Crippen LogP contribution in [0.15, 0.2) is 46.9 Å². The molecule has 0 saturated heterocycles. The molecule has 124 valence electrons. The first-order valence-electron chi connectivity index (χ1n) is 7.19. The lowest BCUT2D eigenvalue weighted by molar-refractivity contribution is -0.402. The van der Waals surface area contributed by atoms with E-state index in [0.29, 0.717) is 20.8 Å². The third-order valence-electron chi connectivity index (χ3n) is 3.97. The van der Waals surface area contributed by atoms with E-state index in [1.807, 2.05) is 12.1 Å². The van der Waals surface area contributed by atoms with E-state index in [1.54, 1.807) is 30.3 Å². The molecular formula is C18H8Cl3NO3. The van der Waals surface area contributed by atoms with Gasteiger partial charge in [0, 0.05) is 15.6 Å². The minimum atomic E-state index is -0.580. The second-order valence-electron chi connectivity index (χ2n) is 5.49. The van der Waals surface area contributed by atoms with Crippen LogP contribution in [0.1, 0.15) is 16.9 Å². The molecule has 0 aliphatic heterocycles. The predicted molar refractivity (Wildman–Crippen MR) is 99.2 cm³/mol. The molecule has 0 atom stereocenters. The lowest BCUT2D eigenvalue weighted by atomic mass is 10.0. The number of halogens is 3. The fraction of sp³-hybridized carbons (Fsp3) is 0. The molecule has 0 fully saturated rings. The molecule has 2 aromatic carbocycles. The van der Waals surface area contributed by atoms with E-state index in [4.69, 9.17) is 39.2 Å². The van der Waals surface area contributed by atoms with E-state index < -0.39 is 4.92 Å².